The summed E-state index contributed by atoms with van der Waals surface area (Å²) in [5.41, 5.74) is 0. The average Bonchev–Trinajstić information content (AvgIpc) is 1.61. The SMILES string of the molecule is CCCC[S-](=O)=O.[Na+]. The molecule has 0 bridgehead atoms. The zero-order valence-corrected chi connectivity index (χ0v) is 8.16. The predicted molar refractivity (Wildman–Crippen MR) is 28.5 cm³/mol. The van der Waals surface area contributed by atoms with Gasteiger partial charge in [0.2, 0.25) is 0 Å². The molecule has 0 aliphatic heterocycles. The maximum Gasteiger partial charge on any atom is 1.00 e. The van der Waals surface area contributed by atoms with Gasteiger partial charge in [0, 0.05) is 0 Å². The van der Waals surface area contributed by atoms with Crippen LogP contribution in [0.2, 0.25) is 0 Å². The first-order chi connectivity index (χ1) is 3.27. The fraction of sp³-hybridized carbons (Fsp3) is 1.00. The molecule has 0 aromatic heterocycles. The largest absolute Gasteiger partial charge is 1.00 e. The van der Waals surface area contributed by atoms with Crippen molar-refractivity contribution in [2.24, 2.45) is 0 Å². The van der Waals surface area contributed by atoms with Crippen LogP contribution in [0.15, 0.2) is 0 Å². The van der Waals surface area contributed by atoms with Crippen molar-refractivity contribution in [3.8, 4) is 0 Å². The normalized spacial score (nSPS) is 8.75. The third-order valence-electron chi connectivity index (χ3n) is 0.665. The van der Waals surface area contributed by atoms with Gasteiger partial charge in [-0.3, -0.25) is 0 Å². The summed E-state index contributed by atoms with van der Waals surface area (Å²) >= 11 is 0. The Hall–Kier alpha value is 0.950. The molecule has 0 aromatic rings. The van der Waals surface area contributed by atoms with Crippen LogP contribution >= 0.6 is 0 Å². The van der Waals surface area contributed by atoms with E-state index in [1.807, 2.05) is 6.92 Å². The van der Waals surface area contributed by atoms with Gasteiger partial charge in [-0.25, -0.2) is 0 Å². The quantitative estimate of drug-likeness (QED) is 0.342. The van der Waals surface area contributed by atoms with Gasteiger partial charge in [0.15, 0.2) is 0 Å². The van der Waals surface area contributed by atoms with Crippen LogP contribution in [0.3, 0.4) is 0 Å². The summed E-state index contributed by atoms with van der Waals surface area (Å²) in [6.45, 7) is 1.97. The van der Waals surface area contributed by atoms with Crippen molar-refractivity contribution in [3.63, 3.8) is 0 Å². The predicted octanol–water partition coefficient (Wildman–Crippen LogP) is -1.90. The second kappa shape index (κ2) is 7.95. The molecule has 0 spiro atoms. The van der Waals surface area contributed by atoms with E-state index < -0.39 is 10.7 Å². The first kappa shape index (κ1) is 11.7. The van der Waals surface area contributed by atoms with E-state index in [0.717, 1.165) is 12.8 Å². The first-order valence-corrected chi connectivity index (χ1v) is 3.57. The Morgan fingerprint density at radius 2 is 1.88 bits per heavy atom. The topological polar surface area (TPSA) is 34.1 Å². The standard InChI is InChI=1S/C4H9O2S.Na/c1-2-3-4-7(5)6;/h2-4H2,1H3;/q-1;+1. The van der Waals surface area contributed by atoms with Gasteiger partial charge < -0.3 is 8.42 Å². The molecular weight excluding hydrogens is 135 g/mol. The van der Waals surface area contributed by atoms with Gasteiger partial charge in [-0.15, -0.1) is 0 Å². The van der Waals surface area contributed by atoms with Gasteiger partial charge in [0.1, 0.15) is 0 Å². The molecule has 0 aliphatic carbocycles. The fourth-order valence-corrected chi connectivity index (χ4v) is 0.787. The van der Waals surface area contributed by atoms with Crippen molar-refractivity contribution in [1.29, 1.82) is 0 Å². The Bertz CT molecular complexity index is 92.2. The molecule has 0 N–H and O–H groups in total. The molecule has 0 fully saturated rings. The Kier molecular flexibility index (Phi) is 11.6. The summed E-state index contributed by atoms with van der Waals surface area (Å²) in [6.07, 6.45) is 1.74. The van der Waals surface area contributed by atoms with E-state index in [1.165, 1.54) is 0 Å². The van der Waals surface area contributed by atoms with Crippen molar-refractivity contribution in [1.82, 2.24) is 0 Å². The molecule has 0 heterocycles. The van der Waals surface area contributed by atoms with Crippen molar-refractivity contribution >= 4 is 10.7 Å². The van der Waals surface area contributed by atoms with Gasteiger partial charge in [0.25, 0.3) is 0 Å². The number of hydrogen-bond acceptors (Lipinski definition) is 3. The van der Waals surface area contributed by atoms with Crippen molar-refractivity contribution in [2.75, 3.05) is 5.75 Å². The molecule has 0 saturated carbocycles. The Labute approximate surface area is 73.9 Å². The van der Waals surface area contributed by atoms with E-state index in [0.29, 0.717) is 5.75 Å². The average molecular weight is 144 g/mol. The van der Waals surface area contributed by atoms with E-state index in [4.69, 9.17) is 0 Å². The van der Waals surface area contributed by atoms with Crippen LogP contribution in [0.5, 0.6) is 0 Å². The second-order valence-corrected chi connectivity index (χ2v) is 2.38. The fourth-order valence-electron chi connectivity index (χ4n) is 0.262. The van der Waals surface area contributed by atoms with Gasteiger partial charge in [-0.2, -0.15) is 0 Å². The third-order valence-corrected chi connectivity index (χ3v) is 1.29. The molecule has 0 unspecified atom stereocenters. The minimum Gasteiger partial charge on any atom is -0.424 e. The van der Waals surface area contributed by atoms with Crippen LogP contribution in [0.25, 0.3) is 0 Å². The van der Waals surface area contributed by atoms with Crippen LogP contribution in [0.4, 0.5) is 0 Å². The minimum absolute atomic E-state index is 0. The van der Waals surface area contributed by atoms with Crippen molar-refractivity contribution < 1.29 is 38.0 Å². The maximum atomic E-state index is 9.76. The Morgan fingerprint density at radius 1 is 1.38 bits per heavy atom. The van der Waals surface area contributed by atoms with Gasteiger partial charge in [-0.05, 0) is 0 Å². The summed E-state index contributed by atoms with van der Waals surface area (Å²) in [5, 5.41) is 0. The summed E-state index contributed by atoms with van der Waals surface area (Å²) < 4.78 is 19.5. The van der Waals surface area contributed by atoms with Gasteiger partial charge >= 0.3 is 29.6 Å². The van der Waals surface area contributed by atoms with Gasteiger partial charge in [-0.1, -0.05) is 36.2 Å². The molecule has 0 aliphatic rings. The van der Waals surface area contributed by atoms with Crippen LogP contribution in [-0.4, -0.2) is 5.75 Å². The third kappa shape index (κ3) is 10.0. The summed E-state index contributed by atoms with van der Waals surface area (Å²) in [4.78, 5) is 0. The Balaban J connectivity index is 0. The molecule has 0 rings (SSSR count). The molecular formula is C4H9NaO2S. The molecule has 0 atom stereocenters. The van der Waals surface area contributed by atoms with Crippen LogP contribution < -0.4 is 29.6 Å². The molecule has 44 valence electrons. The summed E-state index contributed by atoms with van der Waals surface area (Å²) in [7, 11) is -1.82. The van der Waals surface area contributed by atoms with E-state index in [-0.39, 0.29) is 29.6 Å². The smallest absolute Gasteiger partial charge is 0.424 e. The van der Waals surface area contributed by atoms with Crippen LogP contribution in [0, 0.1) is 0 Å². The molecule has 2 nitrogen and oxygen atoms in total. The minimum atomic E-state index is -1.82. The second-order valence-electron chi connectivity index (χ2n) is 1.36. The number of hydrogen-bond donors (Lipinski definition) is 0. The molecule has 0 amide bonds. The number of rotatable bonds is 3. The molecule has 4 heteroatoms. The van der Waals surface area contributed by atoms with E-state index >= 15 is 0 Å². The summed E-state index contributed by atoms with van der Waals surface area (Å²) in [6, 6.07) is 0. The van der Waals surface area contributed by atoms with Gasteiger partial charge in [0.05, 0.1) is 0 Å². The van der Waals surface area contributed by atoms with E-state index in [1.54, 1.807) is 0 Å². The molecule has 8 heavy (non-hydrogen) atoms. The number of unbranched alkanes of at least 4 members (excludes halogenated alkanes) is 1. The first-order valence-electron chi connectivity index (χ1n) is 2.33. The zero-order valence-electron chi connectivity index (χ0n) is 5.35. The molecule has 0 aromatic carbocycles. The van der Waals surface area contributed by atoms with Crippen LogP contribution in [-0.2, 0) is 19.1 Å². The van der Waals surface area contributed by atoms with E-state index in [2.05, 4.69) is 0 Å². The monoisotopic (exact) mass is 144 g/mol. The van der Waals surface area contributed by atoms with Crippen molar-refractivity contribution in [3.05, 3.63) is 0 Å². The van der Waals surface area contributed by atoms with E-state index in [9.17, 15) is 8.42 Å². The molecule has 0 saturated heterocycles. The molecule has 0 radical (unpaired) electrons. The maximum absolute atomic E-state index is 9.76. The zero-order chi connectivity index (χ0) is 5.70. The van der Waals surface area contributed by atoms with Crippen LogP contribution in [0.1, 0.15) is 19.8 Å². The summed E-state index contributed by atoms with van der Waals surface area (Å²) in [5.74, 6) is 0.316. The Morgan fingerprint density at radius 3 is 2.00 bits per heavy atom. The van der Waals surface area contributed by atoms with Crippen molar-refractivity contribution in [2.45, 2.75) is 19.8 Å².